The van der Waals surface area contributed by atoms with Crippen LogP contribution in [-0.2, 0) is 4.79 Å². The molecule has 0 bridgehead atoms. The van der Waals surface area contributed by atoms with E-state index in [1.807, 2.05) is 5.32 Å². The van der Waals surface area contributed by atoms with E-state index in [2.05, 4.69) is 0 Å². The van der Waals surface area contributed by atoms with Crippen LogP contribution in [0.4, 0.5) is 0 Å². The number of carbonyl (C=O) groups is 2. The number of halogens is 1. The van der Waals surface area contributed by atoms with Gasteiger partial charge in [-0.1, -0.05) is 22.9 Å². The largest absolute Gasteiger partial charge is 0.506 e. The van der Waals surface area contributed by atoms with Gasteiger partial charge in [0.05, 0.1) is 0 Å². The SMILES string of the molecule is O=C(O)CNC(=O)c1c(O)c2ccc(Cl)cc2sc1=O. The summed E-state index contributed by atoms with van der Waals surface area (Å²) in [5, 5.41) is 21.2. The molecule has 1 aromatic carbocycles. The molecule has 6 nitrogen and oxygen atoms in total. The molecule has 20 heavy (non-hydrogen) atoms. The number of aromatic hydroxyl groups is 1. The van der Waals surface area contributed by atoms with Crippen molar-refractivity contribution in [3.8, 4) is 5.75 Å². The van der Waals surface area contributed by atoms with Crippen LogP contribution in [0, 0.1) is 0 Å². The average molecular weight is 314 g/mol. The second-order valence-electron chi connectivity index (χ2n) is 3.83. The molecule has 0 atom stereocenters. The number of hydrogen-bond donors (Lipinski definition) is 3. The van der Waals surface area contributed by atoms with Crippen LogP contribution in [0.3, 0.4) is 0 Å². The fourth-order valence-corrected chi connectivity index (χ4v) is 2.79. The number of amides is 1. The standard InChI is InChI=1S/C12H8ClNO5S/c13-5-1-2-6-7(3-5)20-12(19)9(10(6)17)11(18)14-4-8(15)16/h1-3,17H,4H2,(H,14,18)(H,15,16). The van der Waals surface area contributed by atoms with Crippen molar-refractivity contribution in [3.63, 3.8) is 0 Å². The Morgan fingerprint density at radius 3 is 2.70 bits per heavy atom. The third-order valence-corrected chi connectivity index (χ3v) is 3.65. The van der Waals surface area contributed by atoms with Crippen LogP contribution in [0.25, 0.3) is 10.1 Å². The van der Waals surface area contributed by atoms with E-state index in [4.69, 9.17) is 16.7 Å². The van der Waals surface area contributed by atoms with Crippen LogP contribution in [0.5, 0.6) is 5.75 Å². The van der Waals surface area contributed by atoms with E-state index in [0.717, 1.165) is 11.3 Å². The molecule has 0 fully saturated rings. The number of nitrogens with one attached hydrogen (secondary N) is 1. The Balaban J connectivity index is 2.54. The van der Waals surface area contributed by atoms with E-state index in [-0.39, 0.29) is 0 Å². The van der Waals surface area contributed by atoms with Gasteiger partial charge in [0.25, 0.3) is 5.91 Å². The van der Waals surface area contributed by atoms with Gasteiger partial charge >= 0.3 is 5.97 Å². The first kappa shape index (κ1) is 14.3. The molecule has 0 aliphatic rings. The highest BCUT2D eigenvalue weighted by Crippen LogP contribution is 2.30. The molecule has 1 heterocycles. The van der Waals surface area contributed by atoms with Crippen molar-refractivity contribution in [1.29, 1.82) is 0 Å². The average Bonchev–Trinajstić information content (AvgIpc) is 2.35. The molecule has 0 spiro atoms. The molecule has 1 amide bonds. The summed E-state index contributed by atoms with van der Waals surface area (Å²) in [6.45, 7) is -0.638. The Hall–Kier alpha value is -2.12. The van der Waals surface area contributed by atoms with E-state index in [9.17, 15) is 19.5 Å². The summed E-state index contributed by atoms with van der Waals surface area (Å²) < 4.78 is -0.227. The maximum Gasteiger partial charge on any atom is 0.322 e. The molecule has 2 aromatic rings. The van der Waals surface area contributed by atoms with E-state index >= 15 is 0 Å². The van der Waals surface area contributed by atoms with Gasteiger partial charge in [-0.15, -0.1) is 0 Å². The van der Waals surface area contributed by atoms with Gasteiger partial charge < -0.3 is 15.5 Å². The van der Waals surface area contributed by atoms with Crippen LogP contribution in [-0.4, -0.2) is 28.6 Å². The number of aliphatic carboxylic acids is 1. The predicted octanol–water partition coefficient (Wildman–Crippen LogP) is 1.43. The maximum absolute atomic E-state index is 11.9. The van der Waals surface area contributed by atoms with Crippen molar-refractivity contribution in [2.75, 3.05) is 6.54 Å². The first-order chi connectivity index (χ1) is 9.40. The predicted molar refractivity (Wildman–Crippen MR) is 74.7 cm³/mol. The third-order valence-electron chi connectivity index (χ3n) is 2.47. The maximum atomic E-state index is 11.9. The molecule has 3 N–H and O–H groups in total. The van der Waals surface area contributed by atoms with Gasteiger partial charge in [0, 0.05) is 15.1 Å². The number of fused-ring (bicyclic) bond motifs is 1. The second kappa shape index (κ2) is 5.48. The van der Waals surface area contributed by atoms with Gasteiger partial charge in [0.15, 0.2) is 0 Å². The summed E-state index contributed by atoms with van der Waals surface area (Å²) in [7, 11) is 0. The zero-order chi connectivity index (χ0) is 14.9. The molecule has 2 rings (SSSR count). The fraction of sp³-hybridized carbons (Fsp3) is 0.0833. The Morgan fingerprint density at radius 1 is 1.35 bits per heavy atom. The molecule has 0 saturated heterocycles. The van der Waals surface area contributed by atoms with Crippen molar-refractivity contribution in [2.24, 2.45) is 0 Å². The topological polar surface area (TPSA) is 104 Å². The van der Waals surface area contributed by atoms with Crippen LogP contribution < -0.4 is 10.1 Å². The minimum absolute atomic E-state index is 0.305. The highest BCUT2D eigenvalue weighted by Gasteiger charge is 2.19. The van der Waals surface area contributed by atoms with E-state index < -0.39 is 34.5 Å². The molecule has 8 heteroatoms. The Labute approximate surface area is 121 Å². The minimum atomic E-state index is -1.25. The van der Waals surface area contributed by atoms with E-state index in [1.165, 1.54) is 18.2 Å². The number of rotatable bonds is 3. The van der Waals surface area contributed by atoms with Gasteiger partial charge in [-0.2, -0.15) is 0 Å². The molecule has 1 aromatic heterocycles. The highest BCUT2D eigenvalue weighted by molar-refractivity contribution is 7.16. The third kappa shape index (κ3) is 2.73. The Morgan fingerprint density at radius 2 is 2.05 bits per heavy atom. The molecule has 104 valence electrons. The summed E-state index contributed by atoms with van der Waals surface area (Å²) in [5.74, 6) is -2.66. The van der Waals surface area contributed by atoms with Crippen LogP contribution in [0.15, 0.2) is 23.0 Å². The monoisotopic (exact) mass is 313 g/mol. The summed E-state index contributed by atoms with van der Waals surface area (Å²) in [4.78, 5) is 34.0. The van der Waals surface area contributed by atoms with Crippen LogP contribution in [0.1, 0.15) is 10.4 Å². The lowest BCUT2D eigenvalue weighted by Crippen LogP contribution is -2.32. The number of carbonyl (C=O) groups excluding carboxylic acids is 1. The number of carboxylic acids is 1. The van der Waals surface area contributed by atoms with Crippen molar-refractivity contribution >= 4 is 44.9 Å². The smallest absolute Gasteiger partial charge is 0.322 e. The normalized spacial score (nSPS) is 10.4. The lowest BCUT2D eigenvalue weighted by atomic mass is 10.1. The molecule has 0 unspecified atom stereocenters. The molecular weight excluding hydrogens is 306 g/mol. The highest BCUT2D eigenvalue weighted by atomic mass is 35.5. The number of benzene rings is 1. The minimum Gasteiger partial charge on any atom is -0.506 e. The van der Waals surface area contributed by atoms with Gasteiger partial charge in [-0.05, 0) is 18.2 Å². The molecule has 0 aliphatic heterocycles. The zero-order valence-corrected chi connectivity index (χ0v) is 11.4. The lowest BCUT2D eigenvalue weighted by Gasteiger charge is -2.06. The van der Waals surface area contributed by atoms with Gasteiger partial charge in [-0.3, -0.25) is 14.4 Å². The summed E-state index contributed by atoms with van der Waals surface area (Å²) in [6.07, 6.45) is 0. The van der Waals surface area contributed by atoms with Crippen molar-refractivity contribution < 1.29 is 19.8 Å². The molecule has 0 radical (unpaired) electrons. The van der Waals surface area contributed by atoms with E-state index in [0.29, 0.717) is 15.1 Å². The summed E-state index contributed by atoms with van der Waals surface area (Å²) >= 11 is 6.54. The fourth-order valence-electron chi connectivity index (χ4n) is 1.60. The lowest BCUT2D eigenvalue weighted by molar-refractivity contribution is -0.135. The number of carboxylic acid groups (broad SMARTS) is 1. The Bertz CT molecular complexity index is 770. The van der Waals surface area contributed by atoms with Crippen molar-refractivity contribution in [1.82, 2.24) is 5.32 Å². The zero-order valence-electron chi connectivity index (χ0n) is 9.84. The van der Waals surface area contributed by atoms with Gasteiger partial charge in [0.1, 0.15) is 17.9 Å². The van der Waals surface area contributed by atoms with Crippen LogP contribution >= 0.6 is 22.9 Å². The quantitative estimate of drug-likeness (QED) is 0.795. The number of hydrogen-bond acceptors (Lipinski definition) is 5. The molecular formula is C12H8ClNO5S. The molecule has 0 saturated carbocycles. The molecule has 0 aliphatic carbocycles. The summed E-state index contributed by atoms with van der Waals surface area (Å²) in [5.41, 5.74) is -0.467. The second-order valence-corrected chi connectivity index (χ2v) is 5.28. The Kier molecular flexibility index (Phi) is 3.91. The van der Waals surface area contributed by atoms with Crippen molar-refractivity contribution in [2.45, 2.75) is 0 Å². The van der Waals surface area contributed by atoms with Gasteiger partial charge in [-0.25, -0.2) is 0 Å². The van der Waals surface area contributed by atoms with Gasteiger partial charge in [0.2, 0.25) is 4.74 Å². The van der Waals surface area contributed by atoms with Crippen LogP contribution in [0.2, 0.25) is 5.02 Å². The van der Waals surface area contributed by atoms with E-state index in [1.54, 1.807) is 0 Å². The first-order valence-electron chi connectivity index (χ1n) is 5.35. The first-order valence-corrected chi connectivity index (χ1v) is 6.55. The van der Waals surface area contributed by atoms with Crippen molar-refractivity contribution in [3.05, 3.63) is 38.3 Å². The summed E-state index contributed by atoms with van der Waals surface area (Å²) in [6, 6.07) is 4.50.